The Hall–Kier alpha value is -1.35. The van der Waals surface area contributed by atoms with Crippen LogP contribution in [0.3, 0.4) is 0 Å². The normalized spacial score (nSPS) is 22.9. The van der Waals surface area contributed by atoms with Crippen LogP contribution in [0.1, 0.15) is 31.2 Å². The molecule has 0 radical (unpaired) electrons. The highest BCUT2D eigenvalue weighted by Gasteiger charge is 2.41. The van der Waals surface area contributed by atoms with Crippen LogP contribution in [0.15, 0.2) is 18.2 Å². The van der Waals surface area contributed by atoms with Crippen molar-refractivity contribution in [3.05, 3.63) is 28.8 Å². The van der Waals surface area contributed by atoms with Gasteiger partial charge in [0.2, 0.25) is 10.0 Å². The van der Waals surface area contributed by atoms with Crippen molar-refractivity contribution >= 4 is 27.5 Å². The number of hydrogen-bond acceptors (Lipinski definition) is 5. The van der Waals surface area contributed by atoms with E-state index in [1.165, 1.54) is 0 Å². The van der Waals surface area contributed by atoms with Gasteiger partial charge in [-0.05, 0) is 56.4 Å². The molecule has 0 spiro atoms. The summed E-state index contributed by atoms with van der Waals surface area (Å²) in [6.07, 6.45) is 2.81. The van der Waals surface area contributed by atoms with Crippen molar-refractivity contribution in [3.8, 4) is 5.75 Å². The summed E-state index contributed by atoms with van der Waals surface area (Å²) >= 11 is 5.95. The second kappa shape index (κ2) is 8.98. The number of carbonyl (C=O) groups is 1. The van der Waals surface area contributed by atoms with Gasteiger partial charge in [0.05, 0.1) is 17.9 Å². The number of likely N-dealkylation sites (tertiary alicyclic amines) is 1. The van der Waals surface area contributed by atoms with E-state index in [2.05, 4.69) is 4.72 Å². The molecule has 1 amide bonds. The molecular formula is C19H27ClN2O5S. The van der Waals surface area contributed by atoms with Crippen LogP contribution in [0, 0.1) is 6.92 Å². The maximum absolute atomic E-state index is 12.8. The van der Waals surface area contributed by atoms with Gasteiger partial charge in [-0.2, -0.15) is 0 Å². The summed E-state index contributed by atoms with van der Waals surface area (Å²) in [4.78, 5) is 14.5. The van der Waals surface area contributed by atoms with Crippen molar-refractivity contribution < 1.29 is 22.7 Å². The number of rotatable bonds is 8. The molecule has 2 atom stereocenters. The van der Waals surface area contributed by atoms with Crippen LogP contribution in [0.25, 0.3) is 0 Å². The molecule has 1 N–H and O–H groups in total. The van der Waals surface area contributed by atoms with Gasteiger partial charge in [-0.15, -0.1) is 0 Å². The lowest BCUT2D eigenvalue weighted by atomic mass is 9.97. The SMILES string of the molecule is COC[C@H]1C(NS(=O)(=O)C2CC2)CCCN1C(=O)COc1ccc(Cl)cc1C. The predicted molar refractivity (Wildman–Crippen MR) is 107 cm³/mol. The monoisotopic (exact) mass is 430 g/mol. The maximum atomic E-state index is 12.8. The van der Waals surface area contributed by atoms with Gasteiger partial charge in [-0.1, -0.05) is 11.6 Å². The zero-order valence-electron chi connectivity index (χ0n) is 16.2. The first-order valence-corrected chi connectivity index (χ1v) is 11.4. The van der Waals surface area contributed by atoms with Crippen LogP contribution < -0.4 is 9.46 Å². The van der Waals surface area contributed by atoms with Crippen LogP contribution in [-0.4, -0.2) is 63.4 Å². The zero-order chi connectivity index (χ0) is 20.3. The molecule has 2 fully saturated rings. The highest BCUT2D eigenvalue weighted by Crippen LogP contribution is 2.29. The third-order valence-corrected chi connectivity index (χ3v) is 7.42. The molecule has 156 valence electrons. The molecule has 28 heavy (non-hydrogen) atoms. The molecular weight excluding hydrogens is 404 g/mol. The lowest BCUT2D eigenvalue weighted by Crippen LogP contribution is -2.59. The van der Waals surface area contributed by atoms with Crippen molar-refractivity contribution in [1.29, 1.82) is 0 Å². The summed E-state index contributed by atoms with van der Waals surface area (Å²) in [5, 5.41) is 0.316. The summed E-state index contributed by atoms with van der Waals surface area (Å²) in [5.74, 6) is 0.413. The summed E-state index contributed by atoms with van der Waals surface area (Å²) in [7, 11) is -1.79. The molecule has 7 nitrogen and oxygen atoms in total. The van der Waals surface area contributed by atoms with Gasteiger partial charge in [0.1, 0.15) is 5.75 Å². The number of aryl methyl sites for hydroxylation is 1. The maximum Gasteiger partial charge on any atom is 0.260 e. The number of nitrogens with one attached hydrogen (secondary N) is 1. The molecule has 1 aliphatic heterocycles. The Morgan fingerprint density at radius 3 is 2.71 bits per heavy atom. The fourth-order valence-corrected chi connectivity index (χ4v) is 5.44. The Labute approximate surface area is 171 Å². The van der Waals surface area contributed by atoms with Gasteiger partial charge in [0.15, 0.2) is 6.61 Å². The Bertz CT molecular complexity index is 813. The number of sulfonamides is 1. The number of ether oxygens (including phenoxy) is 2. The highest BCUT2D eigenvalue weighted by molar-refractivity contribution is 7.90. The molecule has 1 saturated carbocycles. The number of nitrogens with zero attached hydrogens (tertiary/aromatic N) is 1. The topological polar surface area (TPSA) is 84.9 Å². The number of carbonyl (C=O) groups excluding carboxylic acids is 1. The Morgan fingerprint density at radius 2 is 2.07 bits per heavy atom. The van der Waals surface area contributed by atoms with Crippen molar-refractivity contribution in [3.63, 3.8) is 0 Å². The van der Waals surface area contributed by atoms with Crippen molar-refractivity contribution in [2.24, 2.45) is 0 Å². The molecule has 1 saturated heterocycles. The first-order chi connectivity index (χ1) is 13.3. The van der Waals surface area contributed by atoms with Crippen LogP contribution in [0.2, 0.25) is 5.02 Å². The molecule has 9 heteroatoms. The molecule has 1 aromatic carbocycles. The third kappa shape index (κ3) is 5.17. The summed E-state index contributed by atoms with van der Waals surface area (Å²) < 4.78 is 38.5. The Morgan fingerprint density at radius 1 is 1.32 bits per heavy atom. The summed E-state index contributed by atoms with van der Waals surface area (Å²) in [6, 6.07) is 4.53. The number of halogens is 1. The minimum atomic E-state index is -3.34. The second-order valence-corrected chi connectivity index (χ2v) is 9.85. The van der Waals surface area contributed by atoms with Gasteiger partial charge in [0, 0.05) is 24.7 Å². The van der Waals surface area contributed by atoms with Gasteiger partial charge < -0.3 is 14.4 Å². The lowest BCUT2D eigenvalue weighted by Gasteiger charge is -2.41. The zero-order valence-corrected chi connectivity index (χ0v) is 17.8. The molecule has 3 rings (SSSR count). The molecule has 1 aliphatic carbocycles. The fraction of sp³-hybridized carbons (Fsp3) is 0.632. The Kier molecular flexibility index (Phi) is 6.85. The minimum absolute atomic E-state index is 0.120. The van der Waals surface area contributed by atoms with Crippen molar-refractivity contribution in [2.45, 2.75) is 49.9 Å². The molecule has 1 unspecified atom stereocenters. The summed E-state index contributed by atoms with van der Waals surface area (Å²) in [6.45, 7) is 2.56. The van der Waals surface area contributed by atoms with Gasteiger partial charge >= 0.3 is 0 Å². The summed E-state index contributed by atoms with van der Waals surface area (Å²) in [5.41, 5.74) is 0.849. The number of hydrogen-bond donors (Lipinski definition) is 1. The van der Waals surface area contributed by atoms with E-state index >= 15 is 0 Å². The van der Waals surface area contributed by atoms with Crippen LogP contribution in [-0.2, 0) is 19.6 Å². The molecule has 0 aromatic heterocycles. The van der Waals surface area contributed by atoms with Crippen molar-refractivity contribution in [1.82, 2.24) is 9.62 Å². The molecule has 1 heterocycles. The fourth-order valence-electron chi connectivity index (χ4n) is 3.56. The highest BCUT2D eigenvalue weighted by atomic mass is 35.5. The van der Waals surface area contributed by atoms with Crippen LogP contribution in [0.5, 0.6) is 5.75 Å². The molecule has 2 aliphatic rings. The molecule has 1 aromatic rings. The van der Waals surface area contributed by atoms with E-state index in [0.717, 1.165) is 12.0 Å². The standard InChI is InChI=1S/C19H27ClN2O5S/c1-13-10-14(20)5-8-18(13)27-12-19(23)22-9-3-4-16(17(22)11-26-2)21-28(24,25)15-6-7-15/h5,8,10,15-17,21H,3-4,6-7,9,11-12H2,1-2H3/t16?,17-/m0/s1. The van der Waals surface area contributed by atoms with Gasteiger partial charge in [-0.3, -0.25) is 4.79 Å². The van der Waals surface area contributed by atoms with E-state index in [1.54, 1.807) is 30.2 Å². The van der Waals surface area contributed by atoms with E-state index in [0.29, 0.717) is 36.6 Å². The number of piperidine rings is 1. The van der Waals surface area contributed by atoms with E-state index < -0.39 is 10.0 Å². The average molecular weight is 431 g/mol. The third-order valence-electron chi connectivity index (χ3n) is 5.20. The van der Waals surface area contributed by atoms with Gasteiger partial charge in [0.25, 0.3) is 5.91 Å². The first kappa shape index (κ1) is 21.4. The first-order valence-electron chi connectivity index (χ1n) is 9.50. The molecule has 0 bridgehead atoms. The van der Waals surface area contributed by atoms with E-state index in [-0.39, 0.29) is 36.5 Å². The Balaban J connectivity index is 1.66. The van der Waals surface area contributed by atoms with E-state index in [9.17, 15) is 13.2 Å². The van der Waals surface area contributed by atoms with E-state index in [1.807, 2.05) is 6.92 Å². The largest absolute Gasteiger partial charge is 0.483 e. The number of benzene rings is 1. The van der Waals surface area contributed by atoms with Crippen molar-refractivity contribution in [2.75, 3.05) is 26.9 Å². The van der Waals surface area contributed by atoms with E-state index in [4.69, 9.17) is 21.1 Å². The average Bonchev–Trinajstić information content (AvgIpc) is 3.48. The lowest BCUT2D eigenvalue weighted by molar-refractivity contribution is -0.139. The minimum Gasteiger partial charge on any atom is -0.483 e. The smallest absolute Gasteiger partial charge is 0.260 e. The van der Waals surface area contributed by atoms with Gasteiger partial charge in [-0.25, -0.2) is 13.1 Å². The quantitative estimate of drug-likeness (QED) is 0.682. The van der Waals surface area contributed by atoms with Crippen LogP contribution in [0.4, 0.5) is 0 Å². The van der Waals surface area contributed by atoms with Crippen LogP contribution >= 0.6 is 11.6 Å². The number of methoxy groups -OCH3 is 1. The number of amides is 1. The predicted octanol–water partition coefficient (Wildman–Crippen LogP) is 2.12. The second-order valence-electron chi connectivity index (χ2n) is 7.42.